The van der Waals surface area contributed by atoms with Crippen LogP contribution in [0.1, 0.15) is 6.42 Å². The average molecular weight is 334 g/mol. The molecule has 1 amide bonds. The Morgan fingerprint density at radius 1 is 1.67 bits per heavy atom. The van der Waals surface area contributed by atoms with E-state index in [1.54, 1.807) is 6.20 Å². The van der Waals surface area contributed by atoms with Gasteiger partial charge in [-0.3, -0.25) is 4.79 Å². The molecule has 1 saturated heterocycles. The molecular formula is C10H11IN2OS. The van der Waals surface area contributed by atoms with E-state index in [9.17, 15) is 4.79 Å². The highest BCUT2D eigenvalue weighted by Gasteiger charge is 2.30. The van der Waals surface area contributed by atoms with Gasteiger partial charge >= 0.3 is 0 Å². The fraction of sp³-hybridized carbons (Fsp3) is 0.400. The van der Waals surface area contributed by atoms with Gasteiger partial charge < -0.3 is 4.90 Å². The van der Waals surface area contributed by atoms with Crippen LogP contribution in [0.15, 0.2) is 18.3 Å². The summed E-state index contributed by atoms with van der Waals surface area (Å²) in [5.41, 5.74) is 0.924. The zero-order valence-corrected chi connectivity index (χ0v) is 11.1. The molecule has 0 N–H and O–H groups in total. The third-order valence-electron chi connectivity index (χ3n) is 2.49. The molecule has 3 nitrogen and oxygen atoms in total. The maximum atomic E-state index is 11.8. The third kappa shape index (κ3) is 2.28. The minimum absolute atomic E-state index is 0.181. The molecule has 15 heavy (non-hydrogen) atoms. The zero-order valence-electron chi connectivity index (χ0n) is 8.06. The zero-order chi connectivity index (χ0) is 10.8. The SMILES string of the molecule is O=C1CC(CS)CN1c1cccnc1I. The van der Waals surface area contributed by atoms with Gasteiger partial charge in [0.2, 0.25) is 5.91 Å². The van der Waals surface area contributed by atoms with Gasteiger partial charge in [-0.15, -0.1) is 0 Å². The first-order valence-corrected chi connectivity index (χ1v) is 6.45. The van der Waals surface area contributed by atoms with E-state index in [0.29, 0.717) is 12.3 Å². The molecule has 0 bridgehead atoms. The molecule has 2 rings (SSSR count). The lowest BCUT2D eigenvalue weighted by Crippen LogP contribution is -2.25. The minimum Gasteiger partial charge on any atom is -0.310 e. The molecule has 0 aromatic carbocycles. The number of amides is 1. The Hall–Kier alpha value is -0.300. The van der Waals surface area contributed by atoms with Crippen LogP contribution in [0.2, 0.25) is 0 Å². The third-order valence-corrected chi connectivity index (χ3v) is 3.84. The van der Waals surface area contributed by atoms with Gasteiger partial charge in [-0.1, -0.05) is 0 Å². The van der Waals surface area contributed by atoms with Crippen LogP contribution in [0.5, 0.6) is 0 Å². The summed E-state index contributed by atoms with van der Waals surface area (Å²) >= 11 is 6.39. The fourth-order valence-electron chi connectivity index (χ4n) is 1.72. The number of carbonyl (C=O) groups excluding carboxylic acids is 1. The van der Waals surface area contributed by atoms with Gasteiger partial charge in [-0.05, 0) is 46.4 Å². The van der Waals surface area contributed by atoms with Crippen molar-refractivity contribution >= 4 is 46.8 Å². The number of rotatable bonds is 2. The molecule has 1 aliphatic rings. The predicted molar refractivity (Wildman–Crippen MR) is 71.3 cm³/mol. The van der Waals surface area contributed by atoms with Gasteiger partial charge in [-0.2, -0.15) is 12.6 Å². The molecule has 1 fully saturated rings. The van der Waals surface area contributed by atoms with Crippen molar-refractivity contribution < 1.29 is 4.79 Å². The normalized spacial score (nSPS) is 21.1. The number of hydrogen-bond acceptors (Lipinski definition) is 3. The Kier molecular flexibility index (Phi) is 3.50. The molecular weight excluding hydrogens is 323 g/mol. The van der Waals surface area contributed by atoms with Crippen molar-refractivity contribution in [3.63, 3.8) is 0 Å². The Bertz CT molecular complexity index is 385. The number of aromatic nitrogens is 1. The van der Waals surface area contributed by atoms with Crippen molar-refractivity contribution in [1.29, 1.82) is 0 Å². The second kappa shape index (κ2) is 4.69. The topological polar surface area (TPSA) is 33.2 Å². The van der Waals surface area contributed by atoms with Gasteiger partial charge in [-0.25, -0.2) is 4.98 Å². The summed E-state index contributed by atoms with van der Waals surface area (Å²) in [6, 6.07) is 3.80. The monoisotopic (exact) mass is 334 g/mol. The number of halogens is 1. The molecule has 0 aliphatic carbocycles. The lowest BCUT2D eigenvalue weighted by Gasteiger charge is -2.17. The lowest BCUT2D eigenvalue weighted by atomic mass is 10.1. The molecule has 1 aromatic rings. The van der Waals surface area contributed by atoms with Gasteiger partial charge in [0.15, 0.2) is 0 Å². The summed E-state index contributed by atoms with van der Waals surface area (Å²) in [7, 11) is 0. The molecule has 2 heterocycles. The number of nitrogens with zero attached hydrogens (tertiary/aromatic N) is 2. The quantitative estimate of drug-likeness (QED) is 0.510. The number of thiol groups is 1. The Balaban J connectivity index is 2.25. The highest BCUT2D eigenvalue weighted by atomic mass is 127. The van der Waals surface area contributed by atoms with Crippen molar-refractivity contribution in [3.05, 3.63) is 22.0 Å². The van der Waals surface area contributed by atoms with E-state index < -0.39 is 0 Å². The number of carbonyl (C=O) groups is 1. The Morgan fingerprint density at radius 2 is 2.47 bits per heavy atom. The van der Waals surface area contributed by atoms with Crippen molar-refractivity contribution in [2.75, 3.05) is 17.2 Å². The highest BCUT2D eigenvalue weighted by molar-refractivity contribution is 14.1. The van der Waals surface area contributed by atoms with Gasteiger partial charge in [0.1, 0.15) is 3.70 Å². The molecule has 0 saturated carbocycles. The number of pyridine rings is 1. The summed E-state index contributed by atoms with van der Waals surface area (Å²) in [5.74, 6) is 1.32. The first-order chi connectivity index (χ1) is 7.22. The van der Waals surface area contributed by atoms with Gasteiger partial charge in [0, 0.05) is 19.2 Å². The van der Waals surface area contributed by atoms with Gasteiger partial charge in [0.05, 0.1) is 5.69 Å². The highest BCUT2D eigenvalue weighted by Crippen LogP contribution is 2.28. The molecule has 80 valence electrons. The average Bonchev–Trinajstić information content (AvgIpc) is 2.60. The standard InChI is InChI=1S/C10H11IN2OS/c11-10-8(2-1-3-12-10)13-5-7(6-15)4-9(13)14/h1-3,7,15H,4-6H2. The second-order valence-corrected chi connectivity index (χ2v) is 4.96. The molecule has 1 unspecified atom stereocenters. The maximum Gasteiger partial charge on any atom is 0.227 e. The summed E-state index contributed by atoms with van der Waals surface area (Å²) < 4.78 is 0.878. The van der Waals surface area contributed by atoms with E-state index in [4.69, 9.17) is 0 Å². The summed E-state index contributed by atoms with van der Waals surface area (Å²) in [6.07, 6.45) is 2.34. The van der Waals surface area contributed by atoms with E-state index in [-0.39, 0.29) is 5.91 Å². The first kappa shape index (κ1) is 11.2. The van der Waals surface area contributed by atoms with Crippen molar-refractivity contribution in [2.45, 2.75) is 6.42 Å². The van der Waals surface area contributed by atoms with Crippen LogP contribution in [-0.4, -0.2) is 23.2 Å². The summed E-state index contributed by atoms with van der Waals surface area (Å²) in [6.45, 7) is 0.768. The van der Waals surface area contributed by atoms with Crippen LogP contribution < -0.4 is 4.90 Å². The van der Waals surface area contributed by atoms with Crippen LogP contribution in [-0.2, 0) is 4.79 Å². The van der Waals surface area contributed by atoms with Crippen LogP contribution in [0, 0.1) is 9.62 Å². The van der Waals surface area contributed by atoms with Crippen molar-refractivity contribution in [2.24, 2.45) is 5.92 Å². The minimum atomic E-state index is 0.181. The molecule has 1 aliphatic heterocycles. The number of anilines is 1. The molecule has 5 heteroatoms. The smallest absolute Gasteiger partial charge is 0.227 e. The van der Waals surface area contributed by atoms with Crippen LogP contribution in [0.3, 0.4) is 0 Å². The van der Waals surface area contributed by atoms with Gasteiger partial charge in [0.25, 0.3) is 0 Å². The molecule has 1 aromatic heterocycles. The van der Waals surface area contributed by atoms with Crippen molar-refractivity contribution in [3.8, 4) is 0 Å². The van der Waals surface area contributed by atoms with E-state index in [0.717, 1.165) is 21.7 Å². The van der Waals surface area contributed by atoms with Crippen molar-refractivity contribution in [1.82, 2.24) is 4.98 Å². The molecule has 1 atom stereocenters. The van der Waals surface area contributed by atoms with E-state index >= 15 is 0 Å². The lowest BCUT2D eigenvalue weighted by molar-refractivity contribution is -0.117. The Labute approximate surface area is 108 Å². The van der Waals surface area contributed by atoms with Crippen LogP contribution >= 0.6 is 35.2 Å². The van der Waals surface area contributed by atoms with E-state index in [2.05, 4.69) is 40.2 Å². The predicted octanol–water partition coefficient (Wildman–Crippen LogP) is 1.97. The van der Waals surface area contributed by atoms with E-state index in [1.165, 1.54) is 0 Å². The molecule has 0 radical (unpaired) electrons. The van der Waals surface area contributed by atoms with Crippen LogP contribution in [0.4, 0.5) is 5.69 Å². The first-order valence-electron chi connectivity index (χ1n) is 4.74. The summed E-state index contributed by atoms with van der Waals surface area (Å²) in [4.78, 5) is 17.8. The number of hydrogen-bond donors (Lipinski definition) is 1. The fourth-order valence-corrected chi connectivity index (χ4v) is 2.59. The maximum absolute atomic E-state index is 11.8. The molecule has 0 spiro atoms. The largest absolute Gasteiger partial charge is 0.310 e. The Morgan fingerprint density at radius 3 is 3.07 bits per heavy atom. The summed E-state index contributed by atoms with van der Waals surface area (Å²) in [5, 5.41) is 0. The van der Waals surface area contributed by atoms with E-state index in [1.807, 2.05) is 17.0 Å². The van der Waals surface area contributed by atoms with Crippen LogP contribution in [0.25, 0.3) is 0 Å². The second-order valence-electron chi connectivity index (χ2n) is 3.57.